The minimum atomic E-state index is -3.47. The monoisotopic (exact) mass is 296 g/mol. The highest BCUT2D eigenvalue weighted by Gasteiger charge is 2.42. The molecule has 0 radical (unpaired) electrons. The molecule has 0 bridgehead atoms. The number of rotatable bonds is 4. The zero-order valence-corrected chi connectivity index (χ0v) is 12.7. The Morgan fingerprint density at radius 1 is 1.25 bits per heavy atom. The lowest BCUT2D eigenvalue weighted by molar-refractivity contribution is -0.147. The minimum Gasteiger partial charge on any atom is -0.466 e. The Morgan fingerprint density at radius 2 is 1.90 bits per heavy atom. The Bertz CT molecular complexity index is 574. The van der Waals surface area contributed by atoms with Crippen LogP contribution in [0.4, 0.5) is 0 Å². The summed E-state index contributed by atoms with van der Waals surface area (Å²) in [5.74, 6) is -0.910. The van der Waals surface area contributed by atoms with E-state index in [2.05, 4.69) is 0 Å². The maximum absolute atomic E-state index is 12.7. The molecule has 4 nitrogen and oxygen atoms in total. The van der Waals surface area contributed by atoms with E-state index in [1.807, 2.05) is 6.92 Å². The Balaban J connectivity index is 2.28. The lowest BCUT2D eigenvalue weighted by atomic mass is 10.1. The fourth-order valence-electron chi connectivity index (χ4n) is 2.72. The molecule has 0 aromatic heterocycles. The van der Waals surface area contributed by atoms with Crippen molar-refractivity contribution in [1.29, 1.82) is 0 Å². The average molecular weight is 296 g/mol. The number of hydrogen-bond donors (Lipinski definition) is 0. The first-order valence-corrected chi connectivity index (χ1v) is 8.48. The highest BCUT2D eigenvalue weighted by atomic mass is 32.2. The van der Waals surface area contributed by atoms with Crippen molar-refractivity contribution >= 4 is 15.8 Å². The molecular formula is C15H20O4S. The van der Waals surface area contributed by atoms with Crippen LogP contribution in [0.3, 0.4) is 0 Å². The first-order chi connectivity index (χ1) is 9.46. The Morgan fingerprint density at radius 3 is 2.50 bits per heavy atom. The van der Waals surface area contributed by atoms with Gasteiger partial charge in [-0.05, 0) is 38.8 Å². The third-order valence-corrected chi connectivity index (χ3v) is 6.08. The average Bonchev–Trinajstić information content (AvgIpc) is 2.89. The number of esters is 1. The van der Waals surface area contributed by atoms with Crippen molar-refractivity contribution in [2.45, 2.75) is 43.3 Å². The largest absolute Gasteiger partial charge is 0.466 e. The SMILES string of the molecule is CCOC(=O)[C@@H]1CCC[C@H]1S(=O)(=O)c1ccc(C)cc1. The Kier molecular flexibility index (Phi) is 4.48. The molecule has 1 aliphatic carbocycles. The lowest BCUT2D eigenvalue weighted by Gasteiger charge is -2.18. The number of hydrogen-bond acceptors (Lipinski definition) is 4. The van der Waals surface area contributed by atoms with Gasteiger partial charge in [-0.15, -0.1) is 0 Å². The van der Waals surface area contributed by atoms with Gasteiger partial charge in [0.1, 0.15) is 0 Å². The smallest absolute Gasteiger partial charge is 0.310 e. The van der Waals surface area contributed by atoms with E-state index in [1.165, 1.54) is 0 Å². The maximum atomic E-state index is 12.7. The van der Waals surface area contributed by atoms with Gasteiger partial charge in [-0.2, -0.15) is 0 Å². The molecule has 5 heteroatoms. The van der Waals surface area contributed by atoms with Crippen LogP contribution in [0.1, 0.15) is 31.7 Å². The predicted molar refractivity (Wildman–Crippen MR) is 76.1 cm³/mol. The Hall–Kier alpha value is -1.36. The molecule has 2 atom stereocenters. The number of carbonyl (C=O) groups excluding carboxylic acids is 1. The first-order valence-electron chi connectivity index (χ1n) is 6.94. The molecule has 1 aromatic rings. The van der Waals surface area contributed by atoms with E-state index in [4.69, 9.17) is 4.74 Å². The van der Waals surface area contributed by atoms with Gasteiger partial charge in [0.15, 0.2) is 9.84 Å². The van der Waals surface area contributed by atoms with Crippen LogP contribution in [-0.4, -0.2) is 26.2 Å². The molecule has 1 fully saturated rings. The molecule has 0 saturated heterocycles. The number of ether oxygens (including phenoxy) is 1. The molecule has 20 heavy (non-hydrogen) atoms. The predicted octanol–water partition coefficient (Wildman–Crippen LogP) is 2.50. The van der Waals surface area contributed by atoms with Gasteiger partial charge in [0.2, 0.25) is 0 Å². The molecule has 0 amide bonds. The van der Waals surface area contributed by atoms with Crippen molar-refractivity contribution in [3.05, 3.63) is 29.8 Å². The summed E-state index contributed by atoms with van der Waals surface area (Å²) in [6, 6.07) is 6.79. The standard InChI is InChI=1S/C15H20O4S/c1-3-19-15(16)13-5-4-6-14(13)20(17,18)12-9-7-11(2)8-10-12/h7-10,13-14H,3-6H2,1-2H3/t13-,14-/m1/s1. The normalized spacial score (nSPS) is 22.7. The number of sulfone groups is 1. The van der Waals surface area contributed by atoms with Crippen molar-refractivity contribution in [2.24, 2.45) is 5.92 Å². The van der Waals surface area contributed by atoms with E-state index < -0.39 is 21.0 Å². The van der Waals surface area contributed by atoms with Crippen molar-refractivity contribution in [3.63, 3.8) is 0 Å². The molecule has 0 unspecified atom stereocenters. The summed E-state index contributed by atoms with van der Waals surface area (Å²) in [5, 5.41) is -0.649. The van der Waals surface area contributed by atoms with Crippen LogP contribution in [0.15, 0.2) is 29.2 Å². The fraction of sp³-hybridized carbons (Fsp3) is 0.533. The van der Waals surface area contributed by atoms with Crippen LogP contribution in [0.2, 0.25) is 0 Å². The third kappa shape index (κ3) is 2.87. The van der Waals surface area contributed by atoms with E-state index in [9.17, 15) is 13.2 Å². The van der Waals surface area contributed by atoms with Gasteiger partial charge >= 0.3 is 5.97 Å². The summed E-state index contributed by atoms with van der Waals surface area (Å²) in [6.07, 6.45) is 1.87. The molecule has 0 spiro atoms. The molecule has 0 N–H and O–H groups in total. The van der Waals surface area contributed by atoms with Crippen LogP contribution in [-0.2, 0) is 19.4 Å². The topological polar surface area (TPSA) is 60.4 Å². The lowest BCUT2D eigenvalue weighted by Crippen LogP contribution is -2.32. The summed E-state index contributed by atoms with van der Waals surface area (Å²) in [6.45, 7) is 3.93. The van der Waals surface area contributed by atoms with Crippen molar-refractivity contribution in [3.8, 4) is 0 Å². The van der Waals surface area contributed by atoms with Crippen LogP contribution in [0.5, 0.6) is 0 Å². The summed E-state index contributed by atoms with van der Waals surface area (Å²) < 4.78 is 30.3. The molecule has 0 aliphatic heterocycles. The third-order valence-electron chi connectivity index (χ3n) is 3.79. The molecular weight excluding hydrogens is 276 g/mol. The van der Waals surface area contributed by atoms with Gasteiger partial charge < -0.3 is 4.74 Å². The summed E-state index contributed by atoms with van der Waals surface area (Å²) in [5.41, 5.74) is 1.01. The maximum Gasteiger partial charge on any atom is 0.310 e. The second-order valence-electron chi connectivity index (χ2n) is 5.19. The van der Waals surface area contributed by atoms with E-state index in [0.29, 0.717) is 17.7 Å². The van der Waals surface area contributed by atoms with Crippen LogP contribution in [0, 0.1) is 12.8 Å². The van der Waals surface area contributed by atoms with Crippen LogP contribution < -0.4 is 0 Å². The van der Waals surface area contributed by atoms with E-state index in [0.717, 1.165) is 12.0 Å². The summed E-state index contributed by atoms with van der Waals surface area (Å²) in [7, 11) is -3.47. The molecule has 0 heterocycles. The van der Waals surface area contributed by atoms with Crippen molar-refractivity contribution < 1.29 is 17.9 Å². The van der Waals surface area contributed by atoms with Crippen molar-refractivity contribution in [2.75, 3.05) is 6.61 Å². The Labute approximate surface area is 120 Å². The van der Waals surface area contributed by atoms with Crippen LogP contribution >= 0.6 is 0 Å². The molecule has 2 rings (SSSR count). The first kappa shape index (κ1) is 15.0. The molecule has 1 aromatic carbocycles. The van der Waals surface area contributed by atoms with E-state index >= 15 is 0 Å². The highest BCUT2D eigenvalue weighted by Crippen LogP contribution is 2.35. The summed E-state index contributed by atoms with van der Waals surface area (Å²) in [4.78, 5) is 12.2. The van der Waals surface area contributed by atoms with Crippen molar-refractivity contribution in [1.82, 2.24) is 0 Å². The van der Waals surface area contributed by atoms with Gasteiger partial charge in [-0.1, -0.05) is 24.1 Å². The number of benzene rings is 1. The van der Waals surface area contributed by atoms with Gasteiger partial charge in [-0.25, -0.2) is 8.42 Å². The molecule has 110 valence electrons. The second-order valence-corrected chi connectivity index (χ2v) is 7.35. The zero-order chi connectivity index (χ0) is 14.8. The second kappa shape index (κ2) is 5.95. The highest BCUT2D eigenvalue weighted by molar-refractivity contribution is 7.92. The zero-order valence-electron chi connectivity index (χ0n) is 11.8. The summed E-state index contributed by atoms with van der Waals surface area (Å²) >= 11 is 0. The van der Waals surface area contributed by atoms with E-state index in [-0.39, 0.29) is 12.6 Å². The van der Waals surface area contributed by atoms with Gasteiger partial charge in [0, 0.05) is 0 Å². The minimum absolute atomic E-state index is 0.284. The number of aryl methyl sites for hydroxylation is 1. The van der Waals surface area contributed by atoms with Crippen LogP contribution in [0.25, 0.3) is 0 Å². The van der Waals surface area contributed by atoms with Gasteiger partial charge in [-0.3, -0.25) is 4.79 Å². The fourth-order valence-corrected chi connectivity index (χ4v) is 4.74. The van der Waals surface area contributed by atoms with Gasteiger partial charge in [0.05, 0.1) is 22.7 Å². The number of carbonyl (C=O) groups is 1. The quantitative estimate of drug-likeness (QED) is 0.801. The van der Waals surface area contributed by atoms with E-state index in [1.54, 1.807) is 31.2 Å². The van der Waals surface area contributed by atoms with Gasteiger partial charge in [0.25, 0.3) is 0 Å². The molecule has 1 aliphatic rings. The molecule has 1 saturated carbocycles.